The number of methoxy groups -OCH3 is 1. The molecule has 0 bridgehead atoms. The van der Waals surface area contributed by atoms with Gasteiger partial charge in [-0.15, -0.1) is 0 Å². The average Bonchev–Trinajstić information content (AvgIpc) is 3.07. The third kappa shape index (κ3) is 4.07. The van der Waals surface area contributed by atoms with Gasteiger partial charge in [0.15, 0.2) is 6.61 Å². The molecule has 2 aromatic rings. The summed E-state index contributed by atoms with van der Waals surface area (Å²) >= 11 is 0. The summed E-state index contributed by atoms with van der Waals surface area (Å²) in [6, 6.07) is 11.8. The Kier molecular flexibility index (Phi) is 5.30. The predicted octanol–water partition coefficient (Wildman–Crippen LogP) is 1.40. The van der Waals surface area contributed by atoms with Crippen LogP contribution < -0.4 is 9.64 Å². The summed E-state index contributed by atoms with van der Waals surface area (Å²) < 4.78 is 14.4. The van der Waals surface area contributed by atoms with Crippen LogP contribution in [0, 0.1) is 11.3 Å². The van der Waals surface area contributed by atoms with Crippen LogP contribution in [0.5, 0.6) is 5.88 Å². The van der Waals surface area contributed by atoms with Gasteiger partial charge in [-0.05, 0) is 17.3 Å². The molecule has 0 unspecified atom stereocenters. The highest BCUT2D eigenvalue weighted by Crippen LogP contribution is 2.14. The maximum absolute atomic E-state index is 12.2. The van der Waals surface area contributed by atoms with Gasteiger partial charge < -0.3 is 14.0 Å². The SMILES string of the molecule is COc1cc(C(=O)OCC(=O)N(CC#N)c2ccccc2)on1. The molecule has 118 valence electrons. The Hall–Kier alpha value is -3.34. The number of hydrogen-bond acceptors (Lipinski definition) is 7. The normalized spacial score (nSPS) is 9.74. The van der Waals surface area contributed by atoms with Gasteiger partial charge in [0.25, 0.3) is 11.8 Å². The number of benzene rings is 1. The second-order valence-corrected chi connectivity index (χ2v) is 4.28. The number of para-hydroxylation sites is 1. The van der Waals surface area contributed by atoms with Crippen molar-refractivity contribution < 1.29 is 23.6 Å². The first-order valence-corrected chi connectivity index (χ1v) is 6.56. The molecule has 0 atom stereocenters. The number of rotatable bonds is 6. The van der Waals surface area contributed by atoms with Crippen molar-refractivity contribution in [1.82, 2.24) is 5.16 Å². The first kappa shape index (κ1) is 16.0. The molecular formula is C15H13N3O5. The highest BCUT2D eigenvalue weighted by Gasteiger charge is 2.20. The molecule has 0 aliphatic rings. The monoisotopic (exact) mass is 315 g/mol. The molecule has 8 heteroatoms. The van der Waals surface area contributed by atoms with Gasteiger partial charge in [-0.25, -0.2) is 4.79 Å². The highest BCUT2D eigenvalue weighted by molar-refractivity contribution is 5.96. The van der Waals surface area contributed by atoms with E-state index in [0.717, 1.165) is 0 Å². The van der Waals surface area contributed by atoms with E-state index in [1.807, 2.05) is 6.07 Å². The second-order valence-electron chi connectivity index (χ2n) is 4.28. The number of aromatic nitrogens is 1. The molecule has 8 nitrogen and oxygen atoms in total. The maximum atomic E-state index is 12.2. The molecule has 0 N–H and O–H groups in total. The minimum Gasteiger partial charge on any atom is -0.479 e. The van der Waals surface area contributed by atoms with Crippen molar-refractivity contribution in [2.45, 2.75) is 0 Å². The van der Waals surface area contributed by atoms with Crippen molar-refractivity contribution in [2.75, 3.05) is 25.2 Å². The number of nitriles is 1. The van der Waals surface area contributed by atoms with Gasteiger partial charge in [0.1, 0.15) is 6.54 Å². The molecule has 0 saturated carbocycles. The van der Waals surface area contributed by atoms with E-state index in [1.54, 1.807) is 30.3 Å². The Labute approximate surface area is 131 Å². The van der Waals surface area contributed by atoms with Crippen LogP contribution in [0.3, 0.4) is 0 Å². The summed E-state index contributed by atoms with van der Waals surface area (Å²) in [5.74, 6) is -1.43. The Morgan fingerprint density at radius 2 is 2.09 bits per heavy atom. The molecule has 1 aromatic carbocycles. The van der Waals surface area contributed by atoms with E-state index in [1.165, 1.54) is 18.1 Å². The van der Waals surface area contributed by atoms with Crippen LogP contribution in [0.1, 0.15) is 10.6 Å². The van der Waals surface area contributed by atoms with E-state index in [9.17, 15) is 9.59 Å². The fourth-order valence-electron chi connectivity index (χ4n) is 1.73. The van der Waals surface area contributed by atoms with Crippen LogP contribution in [0.25, 0.3) is 0 Å². The van der Waals surface area contributed by atoms with Gasteiger partial charge in [-0.2, -0.15) is 5.26 Å². The van der Waals surface area contributed by atoms with E-state index < -0.39 is 18.5 Å². The fourth-order valence-corrected chi connectivity index (χ4v) is 1.73. The molecule has 1 amide bonds. The number of carbonyl (C=O) groups is 2. The van der Waals surface area contributed by atoms with E-state index in [4.69, 9.17) is 19.3 Å². The average molecular weight is 315 g/mol. The van der Waals surface area contributed by atoms with Gasteiger partial charge in [-0.1, -0.05) is 18.2 Å². The molecule has 1 aromatic heterocycles. The van der Waals surface area contributed by atoms with Crippen LogP contribution in [0.15, 0.2) is 40.9 Å². The Morgan fingerprint density at radius 1 is 1.35 bits per heavy atom. The number of anilines is 1. The minimum absolute atomic E-state index is 0.124. The summed E-state index contributed by atoms with van der Waals surface area (Å²) in [6.07, 6.45) is 0. The predicted molar refractivity (Wildman–Crippen MR) is 77.7 cm³/mol. The molecule has 0 aliphatic heterocycles. The Morgan fingerprint density at radius 3 is 2.70 bits per heavy atom. The summed E-state index contributed by atoms with van der Waals surface area (Å²) in [4.78, 5) is 25.1. The number of esters is 1. The first-order chi connectivity index (χ1) is 11.2. The zero-order valence-electron chi connectivity index (χ0n) is 12.3. The van der Waals surface area contributed by atoms with Crippen molar-refractivity contribution >= 4 is 17.6 Å². The lowest BCUT2D eigenvalue weighted by atomic mass is 10.3. The molecule has 2 rings (SSSR count). The van der Waals surface area contributed by atoms with Crippen LogP contribution in [0.2, 0.25) is 0 Å². The molecule has 23 heavy (non-hydrogen) atoms. The molecular weight excluding hydrogens is 302 g/mol. The molecule has 0 fully saturated rings. The van der Waals surface area contributed by atoms with Crippen molar-refractivity contribution in [3.05, 3.63) is 42.2 Å². The van der Waals surface area contributed by atoms with Gasteiger partial charge in [0, 0.05) is 5.69 Å². The highest BCUT2D eigenvalue weighted by atomic mass is 16.6. The number of carbonyl (C=O) groups excluding carboxylic acids is 2. The second kappa shape index (κ2) is 7.61. The quantitative estimate of drug-likeness (QED) is 0.586. The van der Waals surface area contributed by atoms with E-state index >= 15 is 0 Å². The van der Waals surface area contributed by atoms with Crippen LogP contribution >= 0.6 is 0 Å². The third-order valence-electron chi connectivity index (χ3n) is 2.82. The van der Waals surface area contributed by atoms with E-state index in [2.05, 4.69) is 5.16 Å². The zero-order valence-corrected chi connectivity index (χ0v) is 12.3. The Bertz CT molecular complexity index is 720. The van der Waals surface area contributed by atoms with E-state index in [0.29, 0.717) is 5.69 Å². The topological polar surface area (TPSA) is 106 Å². The van der Waals surface area contributed by atoms with Crippen LogP contribution in [-0.2, 0) is 9.53 Å². The molecule has 0 aliphatic carbocycles. The van der Waals surface area contributed by atoms with Gasteiger partial charge in [0.05, 0.1) is 19.2 Å². The van der Waals surface area contributed by atoms with Crippen molar-refractivity contribution in [3.8, 4) is 11.9 Å². The van der Waals surface area contributed by atoms with Crippen LogP contribution in [-0.4, -0.2) is 37.3 Å². The van der Waals surface area contributed by atoms with Crippen molar-refractivity contribution in [1.29, 1.82) is 5.26 Å². The summed E-state index contributed by atoms with van der Waals surface area (Å²) in [5, 5.41) is 12.3. The molecule has 0 spiro atoms. The smallest absolute Gasteiger partial charge is 0.377 e. The lowest BCUT2D eigenvalue weighted by molar-refractivity contribution is -0.121. The Balaban J connectivity index is 1.99. The molecule has 0 radical (unpaired) electrons. The van der Waals surface area contributed by atoms with Crippen molar-refractivity contribution in [3.63, 3.8) is 0 Å². The lowest BCUT2D eigenvalue weighted by Gasteiger charge is -2.19. The van der Waals surface area contributed by atoms with Gasteiger partial charge in [0.2, 0.25) is 5.76 Å². The molecule has 0 saturated heterocycles. The lowest BCUT2D eigenvalue weighted by Crippen LogP contribution is -2.35. The van der Waals surface area contributed by atoms with Crippen molar-refractivity contribution in [2.24, 2.45) is 0 Å². The summed E-state index contributed by atoms with van der Waals surface area (Å²) in [6.45, 7) is -0.686. The van der Waals surface area contributed by atoms with Gasteiger partial charge >= 0.3 is 5.97 Å². The third-order valence-corrected chi connectivity index (χ3v) is 2.82. The largest absolute Gasteiger partial charge is 0.479 e. The summed E-state index contributed by atoms with van der Waals surface area (Å²) in [5.41, 5.74) is 0.538. The number of amides is 1. The van der Waals surface area contributed by atoms with Gasteiger partial charge in [-0.3, -0.25) is 9.69 Å². The van der Waals surface area contributed by atoms with Crippen LogP contribution in [0.4, 0.5) is 5.69 Å². The van der Waals surface area contributed by atoms with E-state index in [-0.39, 0.29) is 18.2 Å². The number of hydrogen-bond donors (Lipinski definition) is 0. The minimum atomic E-state index is -0.848. The maximum Gasteiger partial charge on any atom is 0.377 e. The molecule has 1 heterocycles. The number of nitrogens with zero attached hydrogens (tertiary/aromatic N) is 3. The zero-order chi connectivity index (χ0) is 16.7. The summed E-state index contributed by atoms with van der Waals surface area (Å²) in [7, 11) is 1.37. The first-order valence-electron chi connectivity index (χ1n) is 6.56. The fraction of sp³-hybridized carbons (Fsp3) is 0.200. The number of ether oxygens (including phenoxy) is 2. The standard InChI is InChI=1S/C15H13N3O5/c1-21-13-9-12(23-17-13)15(20)22-10-14(19)18(8-7-16)11-5-3-2-4-6-11/h2-6,9H,8,10H2,1H3.